The summed E-state index contributed by atoms with van der Waals surface area (Å²) >= 11 is 1.34. The Kier molecular flexibility index (Phi) is 10.2. The van der Waals surface area contributed by atoms with Crippen molar-refractivity contribution in [1.82, 2.24) is 25.1 Å². The summed E-state index contributed by atoms with van der Waals surface area (Å²) in [6.07, 6.45) is 0.0525. The average Bonchev–Trinajstić information content (AvgIpc) is 3.41. The van der Waals surface area contributed by atoms with Gasteiger partial charge in [0.25, 0.3) is 12.3 Å². The summed E-state index contributed by atoms with van der Waals surface area (Å²) in [5.41, 5.74) is -0.744. The highest BCUT2D eigenvalue weighted by atomic mass is 32.1. The molecule has 7 nitrogen and oxygen atoms in total. The van der Waals surface area contributed by atoms with Crippen LogP contribution in [0.3, 0.4) is 0 Å². The van der Waals surface area contributed by atoms with Gasteiger partial charge < -0.3 is 5.32 Å². The van der Waals surface area contributed by atoms with Crippen LogP contribution >= 0.6 is 11.3 Å². The van der Waals surface area contributed by atoms with Gasteiger partial charge in [0.2, 0.25) is 5.13 Å². The summed E-state index contributed by atoms with van der Waals surface area (Å²) in [6, 6.07) is 3.71. The van der Waals surface area contributed by atoms with E-state index in [0.717, 1.165) is 12.1 Å². The summed E-state index contributed by atoms with van der Waals surface area (Å²) in [7, 11) is 0. The van der Waals surface area contributed by atoms with Gasteiger partial charge in [0, 0.05) is 29.6 Å². The van der Waals surface area contributed by atoms with E-state index in [1.54, 1.807) is 24.6 Å². The van der Waals surface area contributed by atoms with E-state index < -0.39 is 29.8 Å². The number of rotatable bonds is 5. The Balaban J connectivity index is 0.000000826. The van der Waals surface area contributed by atoms with Crippen molar-refractivity contribution in [3.63, 3.8) is 0 Å². The molecule has 0 unspecified atom stereocenters. The van der Waals surface area contributed by atoms with E-state index in [2.05, 4.69) is 20.4 Å². The maximum Gasteiger partial charge on any atom is 0.263 e. The molecule has 0 fully saturated rings. The molecule has 1 aromatic carbocycles. The van der Waals surface area contributed by atoms with Crippen molar-refractivity contribution >= 4 is 17.2 Å². The van der Waals surface area contributed by atoms with Gasteiger partial charge in [-0.15, -0.1) is 11.3 Å². The fourth-order valence-electron chi connectivity index (χ4n) is 2.23. The molecule has 160 valence electrons. The van der Waals surface area contributed by atoms with E-state index >= 15 is 0 Å². The molecule has 3 aromatic rings. The van der Waals surface area contributed by atoms with Crippen molar-refractivity contribution in [3.05, 3.63) is 58.9 Å². The number of carbonyl (C=O) groups is 1. The van der Waals surface area contributed by atoms with E-state index in [4.69, 9.17) is 5.26 Å². The molecule has 11 heteroatoms. The third-order valence-corrected chi connectivity index (χ3v) is 4.09. The highest BCUT2D eigenvalue weighted by Crippen LogP contribution is 2.22. The van der Waals surface area contributed by atoms with Gasteiger partial charge in [0.1, 0.15) is 12.1 Å². The minimum absolute atomic E-state index is 0.192. The Bertz CT molecular complexity index is 969. The average molecular weight is 438 g/mol. The molecule has 0 aliphatic carbocycles. The Morgan fingerprint density at radius 2 is 1.93 bits per heavy atom. The highest BCUT2D eigenvalue weighted by Gasteiger charge is 2.20. The van der Waals surface area contributed by atoms with E-state index in [-0.39, 0.29) is 5.56 Å². The Hall–Kier alpha value is -3.26. The molecule has 0 saturated carbocycles. The van der Waals surface area contributed by atoms with Crippen molar-refractivity contribution in [2.45, 2.75) is 40.2 Å². The molecule has 1 N–H and O–H groups in total. The van der Waals surface area contributed by atoms with Crippen LogP contribution in [0, 0.1) is 17.1 Å². The first kappa shape index (κ1) is 24.8. The van der Waals surface area contributed by atoms with E-state index in [0.29, 0.717) is 17.0 Å². The second kappa shape index (κ2) is 12.3. The number of nitriles is 1. The molecule has 0 saturated heterocycles. The van der Waals surface area contributed by atoms with Crippen LogP contribution in [0.2, 0.25) is 0 Å². The lowest BCUT2D eigenvalue weighted by Crippen LogP contribution is -2.29. The number of thiazole rings is 1. The van der Waals surface area contributed by atoms with E-state index in [9.17, 15) is 18.0 Å². The van der Waals surface area contributed by atoms with Crippen LogP contribution < -0.4 is 5.32 Å². The van der Waals surface area contributed by atoms with Crippen LogP contribution in [0.25, 0.3) is 5.13 Å². The maximum absolute atomic E-state index is 13.5. The number of nitrogens with zero attached hydrogens (tertiary/aromatic N) is 5. The fraction of sp³-hybridized carbons (Fsp3) is 0.316. The summed E-state index contributed by atoms with van der Waals surface area (Å²) in [4.78, 5) is 20.5. The number of aromatic nitrogens is 4. The second-order valence-electron chi connectivity index (χ2n) is 5.34. The van der Waals surface area contributed by atoms with Gasteiger partial charge in [-0.3, -0.25) is 4.79 Å². The SMILES string of the molecule is CC.CC#N.C[C@H](NC(=O)c1cc(F)cc(C(F)F)c1)c1ncnn1-c1nccs1. The standard InChI is InChI=1S/C15H12F3N5OS.C2H3N.C2H6/c1-8(13-20-7-21-23(13)15-19-2-3-25-15)22-14(24)10-4-9(12(17)18)5-11(16)6-10;1-2-3;1-2/h2-8,12H,1H3,(H,22,24);1H3;1-2H3/t8-;;/m0../s1. The molecule has 3 rings (SSSR count). The zero-order valence-electron chi connectivity index (χ0n) is 16.8. The van der Waals surface area contributed by atoms with Crippen LogP contribution in [-0.2, 0) is 0 Å². The first-order chi connectivity index (χ1) is 14.4. The zero-order valence-corrected chi connectivity index (χ0v) is 17.6. The molecule has 30 heavy (non-hydrogen) atoms. The van der Waals surface area contributed by atoms with E-state index in [1.165, 1.54) is 29.3 Å². The van der Waals surface area contributed by atoms with Gasteiger partial charge in [0.15, 0.2) is 5.82 Å². The number of carbonyl (C=O) groups excluding carboxylic acids is 1. The Labute approximate surface area is 176 Å². The van der Waals surface area contributed by atoms with Crippen molar-refractivity contribution < 1.29 is 18.0 Å². The molecule has 0 aliphatic heterocycles. The van der Waals surface area contributed by atoms with Crippen LogP contribution in [0.5, 0.6) is 0 Å². The largest absolute Gasteiger partial charge is 0.342 e. The smallest absolute Gasteiger partial charge is 0.263 e. The van der Waals surface area contributed by atoms with Gasteiger partial charge in [-0.1, -0.05) is 13.8 Å². The summed E-state index contributed by atoms with van der Waals surface area (Å²) in [6.45, 7) is 7.08. The third kappa shape index (κ3) is 6.66. The predicted octanol–water partition coefficient (Wildman–Crippen LogP) is 4.85. The van der Waals surface area contributed by atoms with Crippen molar-refractivity contribution in [2.75, 3.05) is 0 Å². The lowest BCUT2D eigenvalue weighted by molar-refractivity contribution is 0.0936. The summed E-state index contributed by atoms with van der Waals surface area (Å²) < 4.78 is 40.4. The monoisotopic (exact) mass is 438 g/mol. The molecule has 0 spiro atoms. The lowest BCUT2D eigenvalue weighted by Gasteiger charge is -2.14. The zero-order chi connectivity index (χ0) is 22.7. The topological polar surface area (TPSA) is 96.5 Å². The number of amides is 1. The maximum atomic E-state index is 13.5. The number of nitrogens with one attached hydrogen (secondary N) is 1. The van der Waals surface area contributed by atoms with Crippen molar-refractivity contribution in [1.29, 1.82) is 5.26 Å². The lowest BCUT2D eigenvalue weighted by atomic mass is 10.1. The van der Waals surface area contributed by atoms with Crippen LogP contribution in [0.1, 0.15) is 61.9 Å². The Morgan fingerprint density at radius 3 is 2.50 bits per heavy atom. The second-order valence-corrected chi connectivity index (χ2v) is 6.21. The van der Waals surface area contributed by atoms with Gasteiger partial charge in [-0.05, 0) is 25.1 Å². The normalized spacial score (nSPS) is 10.8. The predicted molar refractivity (Wildman–Crippen MR) is 107 cm³/mol. The molecular formula is C19H21F3N6OS. The molecule has 1 amide bonds. The van der Waals surface area contributed by atoms with Crippen LogP contribution in [-0.4, -0.2) is 25.7 Å². The number of halogens is 3. The van der Waals surface area contributed by atoms with E-state index in [1.807, 2.05) is 13.8 Å². The number of hydrogen-bond acceptors (Lipinski definition) is 6. The molecule has 0 aliphatic rings. The van der Waals surface area contributed by atoms with Gasteiger partial charge in [-0.25, -0.2) is 23.1 Å². The fourth-order valence-corrected chi connectivity index (χ4v) is 2.83. The van der Waals surface area contributed by atoms with Gasteiger partial charge in [0.05, 0.1) is 12.1 Å². The first-order valence-corrected chi connectivity index (χ1v) is 9.75. The quantitative estimate of drug-likeness (QED) is 0.614. The molecule has 1 atom stereocenters. The van der Waals surface area contributed by atoms with Crippen molar-refractivity contribution in [3.8, 4) is 11.2 Å². The number of alkyl halides is 2. The van der Waals surface area contributed by atoms with Crippen molar-refractivity contribution in [2.24, 2.45) is 0 Å². The molecule has 0 bridgehead atoms. The van der Waals surface area contributed by atoms with Gasteiger partial charge in [-0.2, -0.15) is 15.0 Å². The first-order valence-electron chi connectivity index (χ1n) is 8.87. The molecule has 2 aromatic heterocycles. The number of hydrogen-bond donors (Lipinski definition) is 1. The third-order valence-electron chi connectivity index (χ3n) is 3.34. The minimum atomic E-state index is -2.87. The molecular weight excluding hydrogens is 417 g/mol. The van der Waals surface area contributed by atoms with Gasteiger partial charge >= 0.3 is 0 Å². The summed E-state index contributed by atoms with van der Waals surface area (Å²) in [5.74, 6) is -1.18. The number of benzene rings is 1. The summed E-state index contributed by atoms with van der Waals surface area (Å²) in [5, 5.41) is 16.3. The van der Waals surface area contributed by atoms with Crippen LogP contribution in [0.15, 0.2) is 36.1 Å². The molecule has 2 heterocycles. The van der Waals surface area contributed by atoms with Crippen LogP contribution in [0.4, 0.5) is 13.2 Å². The minimum Gasteiger partial charge on any atom is -0.342 e. The highest BCUT2D eigenvalue weighted by molar-refractivity contribution is 7.12. The molecule has 0 radical (unpaired) electrons. The Morgan fingerprint density at radius 1 is 1.27 bits per heavy atom.